The molecule has 2 bridgehead atoms. The molecule has 1 fully saturated rings. The highest BCUT2D eigenvalue weighted by molar-refractivity contribution is 7.90. The van der Waals surface area contributed by atoms with Crippen molar-refractivity contribution in [1.82, 2.24) is 14.7 Å². The highest BCUT2D eigenvalue weighted by Crippen LogP contribution is 2.47. The van der Waals surface area contributed by atoms with Crippen LogP contribution >= 0.6 is 11.6 Å². The predicted octanol–water partition coefficient (Wildman–Crippen LogP) is 6.12. The van der Waals surface area contributed by atoms with Crippen LogP contribution in [-0.2, 0) is 29.5 Å². The number of benzene rings is 2. The van der Waals surface area contributed by atoms with E-state index in [4.69, 9.17) is 16.3 Å². The van der Waals surface area contributed by atoms with Crippen molar-refractivity contribution in [2.24, 2.45) is 17.8 Å². The molecule has 0 saturated heterocycles. The van der Waals surface area contributed by atoms with Crippen molar-refractivity contribution in [3.05, 3.63) is 82.4 Å². The second-order valence-corrected chi connectivity index (χ2v) is 16.2. The zero-order valence-electron chi connectivity index (χ0n) is 27.2. The van der Waals surface area contributed by atoms with E-state index in [1.54, 1.807) is 43.6 Å². The number of carbonyl (C=O) groups is 1. The molecule has 9 nitrogen and oxygen atoms in total. The van der Waals surface area contributed by atoms with Gasteiger partial charge in [-0.25, -0.2) is 23.1 Å². The number of hydrogen-bond donors (Lipinski definition) is 2. The predicted molar refractivity (Wildman–Crippen MR) is 183 cm³/mol. The van der Waals surface area contributed by atoms with Crippen LogP contribution in [0.4, 0.5) is 5.69 Å². The van der Waals surface area contributed by atoms with E-state index in [9.17, 15) is 18.3 Å². The van der Waals surface area contributed by atoms with Crippen molar-refractivity contribution in [3.8, 4) is 5.75 Å². The number of amides is 1. The van der Waals surface area contributed by atoms with Crippen LogP contribution in [0.2, 0.25) is 5.02 Å². The van der Waals surface area contributed by atoms with E-state index < -0.39 is 26.8 Å². The second kappa shape index (κ2) is 14.1. The number of sulfonamides is 1. The SMILES string of the molecule is C[C@@H]1[C@@H](C)CCC[C@@](O)(Cc2ncccn2)[C@@H]2CC[C@H]2CN2CCCCc3cc(Cl)ccc3COc3ccc(cc32)C(=O)NS1(=O)=O. The summed E-state index contributed by atoms with van der Waals surface area (Å²) in [4.78, 5) is 24.6. The molecule has 1 aromatic heterocycles. The van der Waals surface area contributed by atoms with Gasteiger partial charge in [-0.1, -0.05) is 31.0 Å². The lowest BCUT2D eigenvalue weighted by molar-refractivity contribution is -0.0891. The van der Waals surface area contributed by atoms with Gasteiger partial charge in [-0.15, -0.1) is 0 Å². The van der Waals surface area contributed by atoms with E-state index in [0.29, 0.717) is 62.0 Å². The van der Waals surface area contributed by atoms with E-state index in [1.807, 2.05) is 25.1 Å². The van der Waals surface area contributed by atoms with Crippen LogP contribution in [0.25, 0.3) is 0 Å². The molecule has 1 amide bonds. The molecule has 5 atom stereocenters. The Morgan fingerprint density at radius 1 is 1.04 bits per heavy atom. The van der Waals surface area contributed by atoms with Crippen molar-refractivity contribution < 1.29 is 23.1 Å². The Morgan fingerprint density at radius 3 is 2.62 bits per heavy atom. The van der Waals surface area contributed by atoms with E-state index >= 15 is 0 Å². The van der Waals surface area contributed by atoms with Gasteiger partial charge in [-0.05, 0) is 117 Å². The molecule has 0 radical (unpaired) electrons. The number of aryl methyl sites for hydroxylation is 1. The normalized spacial score (nSPS) is 28.3. The molecule has 47 heavy (non-hydrogen) atoms. The first-order valence-electron chi connectivity index (χ1n) is 16.9. The summed E-state index contributed by atoms with van der Waals surface area (Å²) in [6.07, 6.45) is 10.1. The standard InChI is InChI=1S/C36H45ClN4O5S/c1-24-7-5-15-36(43,21-34-38-16-6-17-39-34)31-13-10-28(31)22-41-18-4-3-8-26-19-30(37)12-9-29(26)23-46-33-14-11-27(20-32(33)41)35(42)40-47(44,45)25(24)2/h6,9,11-12,14,16-17,19-20,24-25,28,31,43H,3-5,7-8,10,13,15,18,21-23H2,1-2H3,(H,40,42)/t24-,25+,28-,31+,36+/m0/s1. The van der Waals surface area contributed by atoms with Crippen LogP contribution in [0.15, 0.2) is 54.9 Å². The molecule has 11 heteroatoms. The Morgan fingerprint density at radius 2 is 1.85 bits per heavy atom. The number of rotatable bonds is 2. The van der Waals surface area contributed by atoms with Crippen molar-refractivity contribution in [3.63, 3.8) is 0 Å². The molecule has 1 aliphatic carbocycles. The van der Waals surface area contributed by atoms with Gasteiger partial charge in [0.05, 0.1) is 16.5 Å². The Labute approximate surface area is 283 Å². The summed E-state index contributed by atoms with van der Waals surface area (Å²) in [6.45, 7) is 5.27. The van der Waals surface area contributed by atoms with Gasteiger partial charge >= 0.3 is 0 Å². The Hall–Kier alpha value is -3.21. The molecule has 0 unspecified atom stereocenters. The third-order valence-corrected chi connectivity index (χ3v) is 12.8. The average Bonchev–Trinajstić information content (AvgIpc) is 3.05. The first-order valence-corrected chi connectivity index (χ1v) is 18.8. The lowest BCUT2D eigenvalue weighted by Gasteiger charge is -2.49. The third-order valence-electron chi connectivity index (χ3n) is 10.7. The third kappa shape index (κ3) is 7.60. The largest absolute Gasteiger partial charge is 0.487 e. The van der Waals surface area contributed by atoms with Crippen LogP contribution in [0, 0.1) is 17.8 Å². The fraction of sp³-hybridized carbons (Fsp3) is 0.528. The number of anilines is 1. The number of nitrogens with one attached hydrogen (secondary N) is 1. The molecule has 3 aliphatic rings. The van der Waals surface area contributed by atoms with Gasteiger partial charge in [0.2, 0.25) is 10.0 Å². The molecule has 2 N–H and O–H groups in total. The number of halogens is 1. The first kappa shape index (κ1) is 33.7. The highest BCUT2D eigenvalue weighted by Gasteiger charge is 2.47. The fourth-order valence-corrected chi connectivity index (χ4v) is 9.01. The minimum absolute atomic E-state index is 0.0242. The van der Waals surface area contributed by atoms with Gasteiger partial charge < -0.3 is 14.7 Å². The zero-order chi connectivity index (χ0) is 33.2. The molecule has 3 heterocycles. The number of hydrogen-bond acceptors (Lipinski definition) is 8. The smallest absolute Gasteiger partial charge is 0.264 e. The summed E-state index contributed by atoms with van der Waals surface area (Å²) >= 11 is 6.35. The minimum Gasteiger partial charge on any atom is -0.487 e. The van der Waals surface area contributed by atoms with Gasteiger partial charge in [-0.2, -0.15) is 0 Å². The second-order valence-electron chi connectivity index (χ2n) is 13.7. The Balaban J connectivity index is 1.39. The molecule has 0 spiro atoms. The molecule has 6 rings (SSSR count). The molecular formula is C36H45ClN4O5S. The number of aliphatic hydroxyl groups is 1. The van der Waals surface area contributed by atoms with Gasteiger partial charge in [0.15, 0.2) is 0 Å². The number of carbonyl (C=O) groups excluding carboxylic acids is 1. The van der Waals surface area contributed by atoms with Crippen LogP contribution in [-0.4, -0.2) is 53.3 Å². The number of nitrogens with zero attached hydrogens (tertiary/aromatic N) is 3. The van der Waals surface area contributed by atoms with Gasteiger partial charge in [0, 0.05) is 42.5 Å². The Kier molecular flexibility index (Phi) is 10.1. The topological polar surface area (TPSA) is 122 Å². The highest BCUT2D eigenvalue weighted by atomic mass is 35.5. The fourth-order valence-electron chi connectivity index (χ4n) is 7.51. The van der Waals surface area contributed by atoms with Gasteiger partial charge in [-0.3, -0.25) is 4.79 Å². The minimum atomic E-state index is -3.96. The Bertz CT molecular complexity index is 1690. The summed E-state index contributed by atoms with van der Waals surface area (Å²) in [7, 11) is -3.96. The van der Waals surface area contributed by atoms with Gasteiger partial charge in [0.1, 0.15) is 18.2 Å². The maximum Gasteiger partial charge on any atom is 0.264 e. The van der Waals surface area contributed by atoms with Crippen molar-refractivity contribution in [2.75, 3.05) is 18.0 Å². The molecule has 2 aromatic carbocycles. The van der Waals surface area contributed by atoms with Crippen LogP contribution in [0.3, 0.4) is 0 Å². The average molecular weight is 681 g/mol. The molecule has 3 aromatic rings. The van der Waals surface area contributed by atoms with Crippen LogP contribution < -0.4 is 14.4 Å². The van der Waals surface area contributed by atoms with E-state index in [1.165, 1.54) is 0 Å². The van der Waals surface area contributed by atoms with E-state index in [2.05, 4.69) is 19.6 Å². The van der Waals surface area contributed by atoms with E-state index in [-0.39, 0.29) is 23.3 Å². The van der Waals surface area contributed by atoms with Crippen molar-refractivity contribution in [2.45, 2.75) is 89.1 Å². The summed E-state index contributed by atoms with van der Waals surface area (Å²) < 4.78 is 35.6. The lowest BCUT2D eigenvalue weighted by atomic mass is 9.62. The van der Waals surface area contributed by atoms with Crippen LogP contribution in [0.1, 0.15) is 86.1 Å². The first-order chi connectivity index (χ1) is 22.5. The maximum absolute atomic E-state index is 13.5. The number of fused-ring (bicyclic) bond motifs is 3. The summed E-state index contributed by atoms with van der Waals surface area (Å²) in [5.41, 5.74) is 2.20. The molecular weight excluding hydrogens is 636 g/mol. The lowest BCUT2D eigenvalue weighted by Crippen LogP contribution is -2.52. The monoisotopic (exact) mass is 680 g/mol. The number of ether oxygens (including phenoxy) is 1. The molecule has 2 aliphatic heterocycles. The summed E-state index contributed by atoms with van der Waals surface area (Å²) in [5.74, 6) is 0.596. The van der Waals surface area contributed by atoms with Crippen molar-refractivity contribution in [1.29, 1.82) is 0 Å². The van der Waals surface area contributed by atoms with Crippen LogP contribution in [0.5, 0.6) is 5.75 Å². The number of aromatic nitrogens is 2. The van der Waals surface area contributed by atoms with Gasteiger partial charge in [0.25, 0.3) is 5.91 Å². The summed E-state index contributed by atoms with van der Waals surface area (Å²) in [6, 6.07) is 12.8. The maximum atomic E-state index is 13.5. The summed E-state index contributed by atoms with van der Waals surface area (Å²) in [5, 5.41) is 12.3. The molecule has 1 saturated carbocycles. The quantitative estimate of drug-likeness (QED) is 0.332. The zero-order valence-corrected chi connectivity index (χ0v) is 28.8. The van der Waals surface area contributed by atoms with Crippen molar-refractivity contribution >= 4 is 33.2 Å². The van der Waals surface area contributed by atoms with E-state index in [0.717, 1.165) is 48.9 Å². The molecule has 252 valence electrons.